The second kappa shape index (κ2) is 5.95. The fourth-order valence-electron chi connectivity index (χ4n) is 4.42. The van der Waals surface area contributed by atoms with Crippen molar-refractivity contribution in [2.24, 2.45) is 0 Å². The van der Waals surface area contributed by atoms with Crippen LogP contribution in [0.15, 0.2) is 48.5 Å². The quantitative estimate of drug-likeness (QED) is 0.751. The number of hydrogen-bond acceptors (Lipinski definition) is 2. The Bertz CT molecular complexity index is 1110. The molecule has 4 heteroatoms. The van der Waals surface area contributed by atoms with E-state index in [1.807, 2.05) is 18.2 Å². The lowest BCUT2D eigenvalue weighted by atomic mass is 10.0. The van der Waals surface area contributed by atoms with Gasteiger partial charge in [0.05, 0.1) is 0 Å². The van der Waals surface area contributed by atoms with Crippen LogP contribution in [0.5, 0.6) is 0 Å². The summed E-state index contributed by atoms with van der Waals surface area (Å²) >= 11 is 0. The molecular weight excluding hydrogens is 336 g/mol. The van der Waals surface area contributed by atoms with Gasteiger partial charge in [-0.25, -0.2) is 0 Å². The smallest absolute Gasteiger partial charge is 0.255 e. The minimum Gasteiger partial charge on any atom is -0.321 e. The van der Waals surface area contributed by atoms with Gasteiger partial charge < -0.3 is 10.2 Å². The summed E-state index contributed by atoms with van der Waals surface area (Å²) in [4.78, 5) is 26.3. The van der Waals surface area contributed by atoms with E-state index in [1.54, 1.807) is 17.9 Å². The Hall–Kier alpha value is -3.14. The first kappa shape index (κ1) is 16.1. The summed E-state index contributed by atoms with van der Waals surface area (Å²) in [5.74, 6) is -0.0726. The van der Waals surface area contributed by atoms with Crippen molar-refractivity contribution in [3.05, 3.63) is 70.8 Å². The number of carbonyl (C=O) groups is 2. The van der Waals surface area contributed by atoms with E-state index < -0.39 is 0 Å². The summed E-state index contributed by atoms with van der Waals surface area (Å²) in [7, 11) is 0. The zero-order chi connectivity index (χ0) is 18.5. The summed E-state index contributed by atoms with van der Waals surface area (Å²) in [6.45, 7) is 2.26. The Morgan fingerprint density at radius 3 is 2.56 bits per heavy atom. The second-order valence-electron chi connectivity index (χ2n) is 7.33. The molecule has 0 saturated heterocycles. The van der Waals surface area contributed by atoms with Crippen molar-refractivity contribution in [3.63, 3.8) is 0 Å². The molecule has 4 nitrogen and oxygen atoms in total. The highest BCUT2D eigenvalue weighted by Gasteiger charge is 2.23. The van der Waals surface area contributed by atoms with E-state index in [2.05, 4.69) is 29.6 Å². The number of amides is 2. The van der Waals surface area contributed by atoms with Crippen molar-refractivity contribution in [3.8, 4) is 0 Å². The lowest BCUT2D eigenvalue weighted by Gasteiger charge is -2.15. The maximum absolute atomic E-state index is 12.9. The molecule has 0 atom stereocenters. The molecule has 2 aliphatic rings. The summed E-state index contributed by atoms with van der Waals surface area (Å²) in [5, 5.41) is 5.49. The Kier molecular flexibility index (Phi) is 3.54. The largest absolute Gasteiger partial charge is 0.321 e. The predicted octanol–water partition coefficient (Wildman–Crippen LogP) is 4.10. The average Bonchev–Trinajstić information content (AvgIpc) is 3.28. The van der Waals surface area contributed by atoms with Crippen LogP contribution in [0.25, 0.3) is 10.8 Å². The fraction of sp³-hybridized carbons (Fsp3) is 0.217. The highest BCUT2D eigenvalue weighted by molar-refractivity contribution is 6.11. The number of anilines is 2. The minimum absolute atomic E-state index is 0.0406. The highest BCUT2D eigenvalue weighted by atomic mass is 16.2. The summed E-state index contributed by atoms with van der Waals surface area (Å²) in [6, 6.07) is 16.0. The van der Waals surface area contributed by atoms with Crippen LogP contribution in [-0.4, -0.2) is 18.4 Å². The molecular formula is C23H20N2O2. The first-order valence-corrected chi connectivity index (χ1v) is 9.38. The van der Waals surface area contributed by atoms with E-state index in [0.29, 0.717) is 12.1 Å². The third-order valence-corrected chi connectivity index (χ3v) is 5.74. The Balaban J connectivity index is 1.47. The number of nitrogens with zero attached hydrogens (tertiary/aromatic N) is 1. The van der Waals surface area contributed by atoms with E-state index in [0.717, 1.165) is 41.6 Å². The van der Waals surface area contributed by atoms with Gasteiger partial charge in [-0.2, -0.15) is 0 Å². The average molecular weight is 356 g/mol. The number of hydrogen-bond donors (Lipinski definition) is 1. The molecule has 5 rings (SSSR count). The molecule has 1 aliphatic carbocycles. The Morgan fingerprint density at radius 1 is 0.926 bits per heavy atom. The highest BCUT2D eigenvalue weighted by Crippen LogP contribution is 2.35. The van der Waals surface area contributed by atoms with Gasteiger partial charge in [-0.15, -0.1) is 0 Å². The third kappa shape index (κ3) is 2.52. The van der Waals surface area contributed by atoms with Crippen molar-refractivity contribution >= 4 is 34.0 Å². The molecule has 0 saturated carbocycles. The number of rotatable bonds is 2. The van der Waals surface area contributed by atoms with Crippen molar-refractivity contribution in [2.45, 2.75) is 26.2 Å². The second-order valence-corrected chi connectivity index (χ2v) is 7.33. The van der Waals surface area contributed by atoms with E-state index in [-0.39, 0.29) is 11.8 Å². The van der Waals surface area contributed by atoms with Crippen LogP contribution in [0.3, 0.4) is 0 Å². The van der Waals surface area contributed by atoms with Gasteiger partial charge in [-0.05, 0) is 65.6 Å². The lowest BCUT2D eigenvalue weighted by molar-refractivity contribution is -0.116. The van der Waals surface area contributed by atoms with E-state index in [9.17, 15) is 9.59 Å². The van der Waals surface area contributed by atoms with Crippen molar-refractivity contribution < 1.29 is 9.59 Å². The normalized spacial score (nSPS) is 14.5. The topological polar surface area (TPSA) is 49.4 Å². The van der Waals surface area contributed by atoms with E-state index in [1.165, 1.54) is 16.5 Å². The zero-order valence-electron chi connectivity index (χ0n) is 15.2. The molecule has 0 unspecified atom stereocenters. The van der Waals surface area contributed by atoms with Crippen LogP contribution < -0.4 is 10.2 Å². The van der Waals surface area contributed by atoms with Gasteiger partial charge in [-0.3, -0.25) is 9.59 Å². The van der Waals surface area contributed by atoms with Crippen LogP contribution in [0.1, 0.15) is 34.0 Å². The van der Waals surface area contributed by atoms with Crippen LogP contribution in [0.4, 0.5) is 11.4 Å². The van der Waals surface area contributed by atoms with Gasteiger partial charge >= 0.3 is 0 Å². The Morgan fingerprint density at radius 2 is 1.74 bits per heavy atom. The molecule has 27 heavy (non-hydrogen) atoms. The third-order valence-electron chi connectivity index (χ3n) is 5.74. The molecule has 1 aliphatic heterocycles. The summed E-state index contributed by atoms with van der Waals surface area (Å²) < 4.78 is 0. The van der Waals surface area contributed by atoms with Crippen molar-refractivity contribution in [2.75, 3.05) is 16.8 Å². The van der Waals surface area contributed by atoms with Crippen molar-refractivity contribution in [1.82, 2.24) is 0 Å². The molecule has 1 heterocycles. The fourth-order valence-corrected chi connectivity index (χ4v) is 4.42. The number of nitrogens with one attached hydrogen (secondary N) is 1. The monoisotopic (exact) mass is 356 g/mol. The van der Waals surface area contributed by atoms with E-state index in [4.69, 9.17) is 0 Å². The first-order valence-electron chi connectivity index (χ1n) is 9.38. The number of carbonyl (C=O) groups excluding carboxylic acids is 2. The van der Waals surface area contributed by atoms with Gasteiger partial charge in [0.15, 0.2) is 0 Å². The van der Waals surface area contributed by atoms with Crippen LogP contribution in [0.2, 0.25) is 0 Å². The number of aryl methyl sites for hydroxylation is 2. The Labute approximate surface area is 157 Å². The van der Waals surface area contributed by atoms with Gasteiger partial charge in [0.2, 0.25) is 5.91 Å². The molecule has 1 N–H and O–H groups in total. The SMILES string of the molecule is CC(=O)N1CCc2cc(C(=O)Nc3ccc4c5c(cccc35)CC4)ccc21. The molecule has 0 spiro atoms. The van der Waals surface area contributed by atoms with Gasteiger partial charge in [-0.1, -0.05) is 24.3 Å². The summed E-state index contributed by atoms with van der Waals surface area (Å²) in [6.07, 6.45) is 2.93. The number of fused-ring (bicyclic) bond motifs is 1. The van der Waals surface area contributed by atoms with Gasteiger partial charge in [0.25, 0.3) is 5.91 Å². The van der Waals surface area contributed by atoms with Crippen LogP contribution >= 0.6 is 0 Å². The molecule has 134 valence electrons. The zero-order valence-corrected chi connectivity index (χ0v) is 15.2. The lowest BCUT2D eigenvalue weighted by Crippen LogP contribution is -2.25. The molecule has 0 bridgehead atoms. The molecule has 2 amide bonds. The molecule has 0 radical (unpaired) electrons. The van der Waals surface area contributed by atoms with Gasteiger partial charge in [0.1, 0.15) is 0 Å². The molecule has 0 aromatic heterocycles. The van der Waals surface area contributed by atoms with E-state index >= 15 is 0 Å². The molecule has 3 aromatic rings. The maximum Gasteiger partial charge on any atom is 0.255 e. The first-order chi connectivity index (χ1) is 13.1. The summed E-state index contributed by atoms with van der Waals surface area (Å²) in [5.41, 5.74) is 6.18. The van der Waals surface area contributed by atoms with Crippen LogP contribution in [0, 0.1) is 0 Å². The molecule has 3 aromatic carbocycles. The standard InChI is InChI=1S/C23H20N2O2/c1-14(26)25-12-11-17-13-18(8-10-21(17)25)23(27)24-20-9-7-16-6-5-15-3-2-4-19(20)22(15)16/h2-4,7-10,13H,5-6,11-12H2,1H3,(H,24,27). The minimum atomic E-state index is -0.113. The molecule has 0 fully saturated rings. The van der Waals surface area contributed by atoms with Gasteiger partial charge in [0, 0.05) is 35.8 Å². The predicted molar refractivity (Wildman–Crippen MR) is 107 cm³/mol. The van der Waals surface area contributed by atoms with Crippen molar-refractivity contribution in [1.29, 1.82) is 0 Å². The maximum atomic E-state index is 12.9. The van der Waals surface area contributed by atoms with Crippen LogP contribution in [-0.2, 0) is 24.1 Å². The number of benzene rings is 3.